The fourth-order valence-corrected chi connectivity index (χ4v) is 4.80. The molecule has 232 valence electrons. The van der Waals surface area contributed by atoms with Crippen molar-refractivity contribution in [3.05, 3.63) is 83.6 Å². The van der Waals surface area contributed by atoms with Gasteiger partial charge < -0.3 is 30.0 Å². The molecular weight excluding hydrogens is 574 g/mol. The van der Waals surface area contributed by atoms with Crippen molar-refractivity contribution in [1.29, 1.82) is 0 Å². The normalized spacial score (nSPS) is 15.0. The number of aliphatic hydroxyl groups is 1. The molecule has 0 spiro atoms. The number of fused-ring (bicyclic) bond motifs is 2. The molecule has 1 aromatic heterocycles. The van der Waals surface area contributed by atoms with E-state index in [1.54, 1.807) is 66.3 Å². The number of rotatable bonds is 11. The molecule has 44 heavy (non-hydrogen) atoms. The number of benzene rings is 3. The van der Waals surface area contributed by atoms with Gasteiger partial charge in [0.05, 0.1) is 36.2 Å². The fourth-order valence-electron chi connectivity index (χ4n) is 4.80. The van der Waals surface area contributed by atoms with E-state index in [-0.39, 0.29) is 19.2 Å². The average molecular weight is 609 g/mol. The molecule has 3 aromatic carbocycles. The van der Waals surface area contributed by atoms with E-state index in [1.807, 2.05) is 19.1 Å². The lowest BCUT2D eigenvalue weighted by Gasteiger charge is -2.28. The highest BCUT2D eigenvalue weighted by Gasteiger charge is 2.35. The number of hydrogen-bond donors (Lipinski definition) is 3. The summed E-state index contributed by atoms with van der Waals surface area (Å²) in [6.07, 6.45) is 0.727. The molecule has 4 aromatic rings. The van der Waals surface area contributed by atoms with Crippen LogP contribution in [0.15, 0.2) is 66.9 Å². The first-order chi connectivity index (χ1) is 21.0. The number of halogens is 2. The van der Waals surface area contributed by atoms with Gasteiger partial charge in [0, 0.05) is 30.0 Å². The summed E-state index contributed by atoms with van der Waals surface area (Å²) < 4.78 is 46.4. The van der Waals surface area contributed by atoms with Crippen molar-refractivity contribution in [2.45, 2.75) is 58.0 Å². The fraction of sp³-hybridized carbons (Fsp3) is 0.344. The van der Waals surface area contributed by atoms with Crippen molar-refractivity contribution in [2.24, 2.45) is 0 Å². The van der Waals surface area contributed by atoms with Gasteiger partial charge in [-0.25, -0.2) is 4.68 Å². The molecule has 12 heteroatoms. The number of hydrogen-bond acceptors (Lipinski definition) is 7. The van der Waals surface area contributed by atoms with E-state index in [9.17, 15) is 23.5 Å². The standard InChI is InChI=1S/C32H34F2N4O6/c1-4-25(39)16-35-30(40)21-6-5-7-24(12-21)38-27-11-10-26(13-23(27)15-36-38)44-29(19(2)37-31(41)32(3,33)34)20-8-9-22-17-42-18-43-28(22)14-20/h5-15,19,25,29,39H,4,16-18H2,1-3H3,(H,35,40)(H,37,41)/t19-,25-,29-/m0/s1. The van der Waals surface area contributed by atoms with Gasteiger partial charge in [0.15, 0.2) is 6.79 Å². The SMILES string of the molecule is CC[C@H](O)CNC(=O)c1cccc(-n2ncc3cc(O[C@H](c4ccc5c(c4)OCOC5)[C@H](C)NC(=O)C(C)(F)F)ccc32)c1. The second kappa shape index (κ2) is 13.0. The lowest BCUT2D eigenvalue weighted by Crippen LogP contribution is -2.46. The summed E-state index contributed by atoms with van der Waals surface area (Å²) in [5.41, 5.74) is 3.28. The molecule has 2 amide bonds. The summed E-state index contributed by atoms with van der Waals surface area (Å²) in [6, 6.07) is 16.8. The molecule has 0 bridgehead atoms. The van der Waals surface area contributed by atoms with E-state index < -0.39 is 30.1 Å². The van der Waals surface area contributed by atoms with Gasteiger partial charge in [-0.2, -0.15) is 13.9 Å². The summed E-state index contributed by atoms with van der Waals surface area (Å²) in [4.78, 5) is 24.8. The monoisotopic (exact) mass is 608 g/mol. The number of ether oxygens (including phenoxy) is 3. The molecule has 3 N–H and O–H groups in total. The van der Waals surface area contributed by atoms with Crippen LogP contribution >= 0.6 is 0 Å². The number of nitrogens with zero attached hydrogens (tertiary/aromatic N) is 2. The Morgan fingerprint density at radius 3 is 2.75 bits per heavy atom. The van der Waals surface area contributed by atoms with Crippen molar-refractivity contribution in [3.8, 4) is 17.2 Å². The Morgan fingerprint density at radius 2 is 1.98 bits per heavy atom. The lowest BCUT2D eigenvalue weighted by molar-refractivity contribution is -0.144. The van der Waals surface area contributed by atoms with Crippen LogP contribution in [0.2, 0.25) is 0 Å². The molecule has 1 aliphatic rings. The second-order valence-corrected chi connectivity index (χ2v) is 10.8. The second-order valence-electron chi connectivity index (χ2n) is 10.8. The first-order valence-corrected chi connectivity index (χ1v) is 14.3. The van der Waals surface area contributed by atoms with Gasteiger partial charge in [0.2, 0.25) is 0 Å². The van der Waals surface area contributed by atoms with E-state index in [1.165, 1.54) is 0 Å². The van der Waals surface area contributed by atoms with Crippen LogP contribution in [0, 0.1) is 0 Å². The largest absolute Gasteiger partial charge is 0.484 e. The van der Waals surface area contributed by atoms with Crippen LogP contribution in [-0.4, -0.2) is 58.1 Å². The summed E-state index contributed by atoms with van der Waals surface area (Å²) in [6.45, 7) is 4.60. The zero-order chi connectivity index (χ0) is 31.4. The Morgan fingerprint density at radius 1 is 1.16 bits per heavy atom. The van der Waals surface area contributed by atoms with Gasteiger partial charge >= 0.3 is 5.92 Å². The average Bonchev–Trinajstić information content (AvgIpc) is 3.45. The lowest BCUT2D eigenvalue weighted by atomic mass is 10.00. The minimum Gasteiger partial charge on any atom is -0.484 e. The molecule has 0 aliphatic carbocycles. The van der Waals surface area contributed by atoms with Crippen LogP contribution in [0.4, 0.5) is 8.78 Å². The van der Waals surface area contributed by atoms with Crippen LogP contribution in [0.1, 0.15) is 54.8 Å². The van der Waals surface area contributed by atoms with Crippen LogP contribution in [0.5, 0.6) is 11.5 Å². The van der Waals surface area contributed by atoms with Crippen molar-refractivity contribution >= 4 is 22.7 Å². The van der Waals surface area contributed by atoms with E-state index >= 15 is 0 Å². The number of carbonyl (C=O) groups is 2. The third-order valence-electron chi connectivity index (χ3n) is 7.31. The Balaban J connectivity index is 1.41. The zero-order valence-corrected chi connectivity index (χ0v) is 24.6. The molecule has 5 rings (SSSR count). The van der Waals surface area contributed by atoms with Crippen LogP contribution in [0.25, 0.3) is 16.6 Å². The van der Waals surface area contributed by atoms with Gasteiger partial charge in [-0.1, -0.05) is 25.1 Å². The number of nitrogens with one attached hydrogen (secondary N) is 2. The zero-order valence-electron chi connectivity index (χ0n) is 24.6. The summed E-state index contributed by atoms with van der Waals surface area (Å²) in [5.74, 6) is -4.25. The highest BCUT2D eigenvalue weighted by molar-refractivity contribution is 5.95. The van der Waals surface area contributed by atoms with Crippen molar-refractivity contribution < 1.29 is 37.7 Å². The molecule has 2 heterocycles. The molecule has 10 nitrogen and oxygen atoms in total. The van der Waals surface area contributed by atoms with Gasteiger partial charge in [0.1, 0.15) is 17.6 Å². The number of aromatic nitrogens is 2. The number of aliphatic hydroxyl groups excluding tert-OH is 1. The highest BCUT2D eigenvalue weighted by Crippen LogP contribution is 2.33. The number of amides is 2. The minimum absolute atomic E-state index is 0.0898. The summed E-state index contributed by atoms with van der Waals surface area (Å²) >= 11 is 0. The molecule has 0 saturated carbocycles. The minimum atomic E-state index is -3.56. The van der Waals surface area contributed by atoms with E-state index in [0.717, 1.165) is 16.5 Å². The first kappa shape index (κ1) is 30.9. The van der Waals surface area contributed by atoms with Gasteiger partial charge in [-0.15, -0.1) is 0 Å². The highest BCUT2D eigenvalue weighted by atomic mass is 19.3. The maximum Gasteiger partial charge on any atom is 0.321 e. The number of carbonyl (C=O) groups excluding carboxylic acids is 2. The predicted molar refractivity (Wildman–Crippen MR) is 158 cm³/mol. The summed E-state index contributed by atoms with van der Waals surface area (Å²) in [7, 11) is 0. The Kier molecular flexibility index (Phi) is 9.12. The van der Waals surface area contributed by atoms with Crippen molar-refractivity contribution in [3.63, 3.8) is 0 Å². The Labute approximate surface area is 252 Å². The van der Waals surface area contributed by atoms with Crippen molar-refractivity contribution in [1.82, 2.24) is 20.4 Å². The number of alkyl halides is 2. The Hall–Kier alpha value is -4.55. The molecule has 3 atom stereocenters. The maximum absolute atomic E-state index is 13.7. The Bertz CT molecular complexity index is 1650. The van der Waals surface area contributed by atoms with Gasteiger partial charge in [-0.05, 0) is 61.4 Å². The van der Waals surface area contributed by atoms with E-state index in [0.29, 0.717) is 48.3 Å². The molecule has 0 fully saturated rings. The van der Waals surface area contributed by atoms with Gasteiger partial charge in [-0.3, -0.25) is 9.59 Å². The van der Waals surface area contributed by atoms with Gasteiger partial charge in [0.25, 0.3) is 11.8 Å². The third-order valence-corrected chi connectivity index (χ3v) is 7.31. The smallest absolute Gasteiger partial charge is 0.321 e. The first-order valence-electron chi connectivity index (χ1n) is 14.3. The predicted octanol–water partition coefficient (Wildman–Crippen LogP) is 4.67. The van der Waals surface area contributed by atoms with E-state index in [2.05, 4.69) is 15.7 Å². The third kappa shape index (κ3) is 6.98. The van der Waals surface area contributed by atoms with Crippen molar-refractivity contribution in [2.75, 3.05) is 13.3 Å². The molecule has 1 aliphatic heterocycles. The summed E-state index contributed by atoms with van der Waals surface area (Å²) in [5, 5.41) is 20.1. The van der Waals surface area contributed by atoms with E-state index in [4.69, 9.17) is 14.2 Å². The molecule has 0 saturated heterocycles. The topological polar surface area (TPSA) is 124 Å². The van der Waals surface area contributed by atoms with Crippen LogP contribution < -0.4 is 20.1 Å². The molecular formula is C32H34F2N4O6. The van der Waals surface area contributed by atoms with Crippen LogP contribution in [-0.2, 0) is 16.1 Å². The quantitative estimate of drug-likeness (QED) is 0.226. The molecule has 0 radical (unpaired) electrons. The van der Waals surface area contributed by atoms with Crippen LogP contribution in [0.3, 0.4) is 0 Å². The molecule has 0 unspecified atom stereocenters. The maximum atomic E-state index is 13.7.